The van der Waals surface area contributed by atoms with E-state index in [0.717, 1.165) is 11.8 Å². The highest BCUT2D eigenvalue weighted by Gasteiger charge is 2.19. The summed E-state index contributed by atoms with van der Waals surface area (Å²) >= 11 is 6.82. The standard InChI is InChI=1S/C16H14ClN3O3S2/c1-20(2)16(21)24-15-6-4-3-5-14(15)19-25(22,23)12-8-7-11(10-18)13(17)9-12/h3-9,19H,1-2H3. The fourth-order valence-corrected chi connectivity index (χ4v) is 3.99. The van der Waals surface area contributed by atoms with Crippen LogP contribution in [0.3, 0.4) is 0 Å². The summed E-state index contributed by atoms with van der Waals surface area (Å²) in [6.45, 7) is 0. The third-order valence-electron chi connectivity index (χ3n) is 3.07. The highest BCUT2D eigenvalue weighted by Crippen LogP contribution is 2.31. The predicted octanol–water partition coefficient (Wildman–Crippen LogP) is 3.79. The molecule has 1 N–H and O–H groups in total. The van der Waals surface area contributed by atoms with Crippen molar-refractivity contribution in [2.45, 2.75) is 9.79 Å². The number of nitrogens with one attached hydrogen (secondary N) is 1. The number of rotatable bonds is 4. The van der Waals surface area contributed by atoms with E-state index in [4.69, 9.17) is 16.9 Å². The van der Waals surface area contributed by atoms with Crippen molar-refractivity contribution in [3.63, 3.8) is 0 Å². The van der Waals surface area contributed by atoms with Crippen molar-refractivity contribution in [3.05, 3.63) is 53.1 Å². The highest BCUT2D eigenvalue weighted by atomic mass is 35.5. The molecular formula is C16H14ClN3O3S2. The average molecular weight is 396 g/mol. The van der Waals surface area contributed by atoms with Gasteiger partial charge in [-0.15, -0.1) is 0 Å². The molecule has 0 aromatic heterocycles. The van der Waals surface area contributed by atoms with Crippen molar-refractivity contribution in [1.29, 1.82) is 5.26 Å². The summed E-state index contributed by atoms with van der Waals surface area (Å²) in [5, 5.41) is 8.70. The van der Waals surface area contributed by atoms with Gasteiger partial charge in [-0.25, -0.2) is 8.42 Å². The van der Waals surface area contributed by atoms with Crippen LogP contribution in [0.5, 0.6) is 0 Å². The largest absolute Gasteiger partial charge is 0.339 e. The number of hydrogen-bond acceptors (Lipinski definition) is 5. The number of hydrogen-bond donors (Lipinski definition) is 1. The van der Waals surface area contributed by atoms with E-state index in [1.807, 2.05) is 6.07 Å². The van der Waals surface area contributed by atoms with Gasteiger partial charge in [0.05, 0.1) is 21.2 Å². The van der Waals surface area contributed by atoms with Crippen molar-refractivity contribution < 1.29 is 13.2 Å². The van der Waals surface area contributed by atoms with E-state index in [-0.39, 0.29) is 26.4 Å². The van der Waals surface area contributed by atoms with Crippen LogP contribution in [0, 0.1) is 11.3 Å². The molecule has 0 aliphatic heterocycles. The molecule has 2 rings (SSSR count). The molecular weight excluding hydrogens is 382 g/mol. The van der Waals surface area contributed by atoms with Crippen LogP contribution in [0.4, 0.5) is 10.5 Å². The number of halogens is 1. The first-order valence-electron chi connectivity index (χ1n) is 6.95. The minimum atomic E-state index is -3.92. The van der Waals surface area contributed by atoms with Crippen LogP contribution >= 0.6 is 23.4 Å². The maximum absolute atomic E-state index is 12.6. The number of sulfonamides is 1. The number of carbonyl (C=O) groups excluding carboxylic acids is 1. The summed E-state index contributed by atoms with van der Waals surface area (Å²) in [5.74, 6) is 0. The Balaban J connectivity index is 2.34. The average Bonchev–Trinajstić information content (AvgIpc) is 2.56. The minimum Gasteiger partial charge on any atom is -0.339 e. The lowest BCUT2D eigenvalue weighted by Crippen LogP contribution is -2.17. The maximum Gasteiger partial charge on any atom is 0.286 e. The number of benzene rings is 2. The predicted molar refractivity (Wildman–Crippen MR) is 98.4 cm³/mol. The van der Waals surface area contributed by atoms with Crippen LogP contribution in [0.15, 0.2) is 52.3 Å². The number of carbonyl (C=O) groups is 1. The molecule has 1 amide bonds. The Kier molecular flexibility index (Phi) is 5.95. The molecule has 6 nitrogen and oxygen atoms in total. The topological polar surface area (TPSA) is 90.3 Å². The second kappa shape index (κ2) is 7.78. The second-order valence-corrected chi connectivity index (χ2v) is 8.20. The molecule has 0 aliphatic rings. The third-order valence-corrected chi connectivity index (χ3v) is 5.86. The van der Waals surface area contributed by atoms with E-state index in [0.29, 0.717) is 4.90 Å². The molecule has 0 fully saturated rings. The van der Waals surface area contributed by atoms with Crippen molar-refractivity contribution >= 4 is 44.3 Å². The molecule has 0 bridgehead atoms. The summed E-state index contributed by atoms with van der Waals surface area (Å²) in [6, 6.07) is 12.3. The quantitative estimate of drug-likeness (QED) is 0.795. The Morgan fingerprint density at radius 2 is 1.92 bits per heavy atom. The zero-order chi connectivity index (χ0) is 18.6. The summed E-state index contributed by atoms with van der Waals surface area (Å²) in [5.41, 5.74) is 0.469. The summed E-state index contributed by atoms with van der Waals surface area (Å²) in [7, 11) is -0.698. The molecule has 130 valence electrons. The smallest absolute Gasteiger partial charge is 0.286 e. The lowest BCUT2D eigenvalue weighted by molar-refractivity contribution is 0.241. The molecule has 9 heteroatoms. The number of para-hydroxylation sites is 1. The summed E-state index contributed by atoms with van der Waals surface area (Å²) < 4.78 is 27.6. The van der Waals surface area contributed by atoms with Gasteiger partial charge in [0.1, 0.15) is 6.07 Å². The molecule has 0 unspecified atom stereocenters. The number of thioether (sulfide) groups is 1. The van der Waals surface area contributed by atoms with Gasteiger partial charge in [0.15, 0.2) is 0 Å². The number of nitriles is 1. The maximum atomic E-state index is 12.6. The molecule has 2 aromatic rings. The zero-order valence-electron chi connectivity index (χ0n) is 13.4. The van der Waals surface area contributed by atoms with E-state index in [9.17, 15) is 13.2 Å². The Hall–Kier alpha value is -2.21. The number of anilines is 1. The van der Waals surface area contributed by atoms with Gasteiger partial charge < -0.3 is 4.90 Å². The zero-order valence-corrected chi connectivity index (χ0v) is 15.7. The fraction of sp³-hybridized carbons (Fsp3) is 0.125. The van der Waals surface area contributed by atoms with E-state index in [2.05, 4.69) is 4.72 Å². The second-order valence-electron chi connectivity index (χ2n) is 5.12. The molecule has 0 atom stereocenters. The first-order valence-corrected chi connectivity index (χ1v) is 9.63. The van der Waals surface area contributed by atoms with Gasteiger partial charge >= 0.3 is 0 Å². The van der Waals surface area contributed by atoms with Crippen LogP contribution in [-0.2, 0) is 10.0 Å². The van der Waals surface area contributed by atoms with Crippen LogP contribution in [0.1, 0.15) is 5.56 Å². The molecule has 2 aromatic carbocycles. The van der Waals surface area contributed by atoms with Gasteiger partial charge in [-0.1, -0.05) is 23.7 Å². The van der Waals surface area contributed by atoms with Crippen molar-refractivity contribution in [1.82, 2.24) is 4.90 Å². The molecule has 0 spiro atoms. The molecule has 0 saturated heterocycles. The highest BCUT2D eigenvalue weighted by molar-refractivity contribution is 8.13. The van der Waals surface area contributed by atoms with Crippen molar-refractivity contribution in [3.8, 4) is 6.07 Å². The van der Waals surface area contributed by atoms with Crippen LogP contribution in [-0.4, -0.2) is 32.7 Å². The van der Waals surface area contributed by atoms with Gasteiger partial charge in [-0.3, -0.25) is 9.52 Å². The van der Waals surface area contributed by atoms with Gasteiger partial charge in [0, 0.05) is 19.0 Å². The van der Waals surface area contributed by atoms with E-state index >= 15 is 0 Å². The van der Waals surface area contributed by atoms with Crippen LogP contribution < -0.4 is 4.72 Å². The monoisotopic (exact) mass is 395 g/mol. The normalized spacial score (nSPS) is 10.8. The fourth-order valence-electron chi connectivity index (χ4n) is 1.78. The Morgan fingerprint density at radius 3 is 2.52 bits per heavy atom. The summed E-state index contributed by atoms with van der Waals surface area (Å²) in [6.07, 6.45) is 0. The van der Waals surface area contributed by atoms with Gasteiger partial charge in [0.25, 0.3) is 15.3 Å². The third kappa shape index (κ3) is 4.66. The molecule has 0 heterocycles. The number of amides is 1. The Labute approximate surface area is 155 Å². The van der Waals surface area contributed by atoms with E-state index in [1.165, 1.54) is 23.1 Å². The van der Waals surface area contributed by atoms with Crippen LogP contribution in [0.2, 0.25) is 5.02 Å². The van der Waals surface area contributed by atoms with Crippen molar-refractivity contribution in [2.75, 3.05) is 18.8 Å². The lowest BCUT2D eigenvalue weighted by atomic mass is 10.2. The Morgan fingerprint density at radius 1 is 1.24 bits per heavy atom. The van der Waals surface area contributed by atoms with E-state index < -0.39 is 10.0 Å². The first kappa shape index (κ1) is 19.1. The molecule has 0 saturated carbocycles. The van der Waals surface area contributed by atoms with Crippen LogP contribution in [0.25, 0.3) is 0 Å². The molecule has 0 aliphatic carbocycles. The summed E-state index contributed by atoms with van der Waals surface area (Å²) in [4.78, 5) is 13.7. The first-order chi connectivity index (χ1) is 11.7. The Bertz CT molecular complexity index is 953. The van der Waals surface area contributed by atoms with Gasteiger partial charge in [0.2, 0.25) is 0 Å². The molecule has 0 radical (unpaired) electrons. The van der Waals surface area contributed by atoms with E-state index in [1.54, 1.807) is 38.4 Å². The minimum absolute atomic E-state index is 0.0517. The molecule has 25 heavy (non-hydrogen) atoms. The van der Waals surface area contributed by atoms with Crippen molar-refractivity contribution in [2.24, 2.45) is 0 Å². The lowest BCUT2D eigenvalue weighted by Gasteiger charge is -2.14. The number of nitrogens with zero attached hydrogens (tertiary/aromatic N) is 2. The van der Waals surface area contributed by atoms with Gasteiger partial charge in [-0.2, -0.15) is 5.26 Å². The SMILES string of the molecule is CN(C)C(=O)Sc1ccccc1NS(=O)(=O)c1ccc(C#N)c(Cl)c1. The van der Waals surface area contributed by atoms with Gasteiger partial charge in [-0.05, 0) is 42.1 Å².